The van der Waals surface area contributed by atoms with Crippen molar-refractivity contribution in [3.05, 3.63) is 70.2 Å². The summed E-state index contributed by atoms with van der Waals surface area (Å²) >= 11 is 5.99. The van der Waals surface area contributed by atoms with Crippen LogP contribution in [0.4, 0.5) is 0 Å². The van der Waals surface area contributed by atoms with Crippen LogP contribution in [0.15, 0.2) is 48.5 Å². The van der Waals surface area contributed by atoms with Gasteiger partial charge in [0.1, 0.15) is 5.60 Å². The monoisotopic (exact) mass is 274 g/mol. The van der Waals surface area contributed by atoms with Crippen molar-refractivity contribution in [1.29, 1.82) is 0 Å². The molecule has 2 aromatic rings. The normalized spacial score (nSPS) is 14.1. The third-order valence-electron chi connectivity index (χ3n) is 3.44. The summed E-state index contributed by atoms with van der Waals surface area (Å²) in [6.45, 7) is 3.96. The Balaban J connectivity index is 2.33. The van der Waals surface area contributed by atoms with Gasteiger partial charge in [-0.05, 0) is 42.2 Å². The Labute approximate surface area is 119 Å². The fourth-order valence-electron chi connectivity index (χ4n) is 2.24. The van der Waals surface area contributed by atoms with Gasteiger partial charge in [-0.25, -0.2) is 0 Å². The zero-order valence-electron chi connectivity index (χ0n) is 11.4. The molecule has 1 unspecified atom stereocenters. The molecule has 0 spiro atoms. The van der Waals surface area contributed by atoms with Crippen molar-refractivity contribution in [3.8, 4) is 0 Å². The van der Waals surface area contributed by atoms with Gasteiger partial charge in [0.05, 0.1) is 0 Å². The molecule has 0 aliphatic heterocycles. The van der Waals surface area contributed by atoms with E-state index in [1.807, 2.05) is 36.4 Å². The number of halogens is 1. The maximum absolute atomic E-state index is 10.7. The minimum absolute atomic E-state index is 0.639. The molecule has 2 rings (SSSR count). The first-order valence-corrected chi connectivity index (χ1v) is 6.99. The lowest BCUT2D eigenvalue weighted by molar-refractivity contribution is 0.102. The second-order valence-corrected chi connectivity index (χ2v) is 5.47. The Morgan fingerprint density at radius 2 is 1.74 bits per heavy atom. The molecule has 2 aromatic carbocycles. The Morgan fingerprint density at radius 3 is 2.32 bits per heavy atom. The molecule has 2 heteroatoms. The summed E-state index contributed by atoms with van der Waals surface area (Å²) in [7, 11) is 0. The fraction of sp³-hybridized carbons (Fsp3) is 0.294. The lowest BCUT2D eigenvalue weighted by Gasteiger charge is -2.25. The highest BCUT2D eigenvalue weighted by Gasteiger charge is 2.25. The molecule has 0 fully saturated rings. The zero-order valence-corrected chi connectivity index (χ0v) is 12.1. The van der Waals surface area contributed by atoms with Crippen LogP contribution in [0.3, 0.4) is 0 Å². The van der Waals surface area contributed by atoms with E-state index in [2.05, 4.69) is 19.1 Å². The second-order valence-electron chi connectivity index (χ2n) is 5.03. The molecule has 0 radical (unpaired) electrons. The smallest absolute Gasteiger partial charge is 0.112 e. The van der Waals surface area contributed by atoms with Gasteiger partial charge in [-0.2, -0.15) is 0 Å². The number of benzene rings is 2. The lowest BCUT2D eigenvalue weighted by atomic mass is 9.87. The van der Waals surface area contributed by atoms with Crippen molar-refractivity contribution >= 4 is 11.6 Å². The highest BCUT2D eigenvalue weighted by atomic mass is 35.5. The first-order chi connectivity index (χ1) is 9.04. The molecule has 1 atom stereocenters. The summed E-state index contributed by atoms with van der Waals surface area (Å²) in [6.07, 6.45) is 2.20. The third kappa shape index (κ3) is 3.17. The van der Waals surface area contributed by atoms with Gasteiger partial charge in [0.2, 0.25) is 0 Å². The molecule has 0 saturated heterocycles. The molecule has 0 bridgehead atoms. The van der Waals surface area contributed by atoms with Gasteiger partial charge >= 0.3 is 0 Å². The molecular formula is C17H19ClO. The maximum Gasteiger partial charge on any atom is 0.112 e. The van der Waals surface area contributed by atoms with Gasteiger partial charge in [0.25, 0.3) is 0 Å². The first-order valence-electron chi connectivity index (χ1n) is 6.62. The molecule has 0 heterocycles. The van der Waals surface area contributed by atoms with E-state index >= 15 is 0 Å². The molecule has 100 valence electrons. The predicted molar refractivity (Wildman–Crippen MR) is 80.6 cm³/mol. The van der Waals surface area contributed by atoms with Gasteiger partial charge in [0, 0.05) is 5.02 Å². The van der Waals surface area contributed by atoms with E-state index in [9.17, 15) is 5.11 Å². The van der Waals surface area contributed by atoms with Crippen molar-refractivity contribution in [2.75, 3.05) is 0 Å². The Kier molecular flexibility index (Phi) is 4.28. The summed E-state index contributed by atoms with van der Waals surface area (Å²) in [5, 5.41) is 11.4. The second kappa shape index (κ2) is 5.77. The number of rotatable bonds is 4. The van der Waals surface area contributed by atoms with Crippen molar-refractivity contribution in [2.45, 2.75) is 32.3 Å². The molecule has 1 nitrogen and oxygen atoms in total. The van der Waals surface area contributed by atoms with Crippen LogP contribution in [0, 0.1) is 0 Å². The van der Waals surface area contributed by atoms with Crippen LogP contribution in [0.1, 0.15) is 37.0 Å². The Bertz CT molecular complexity index is 543. The fourth-order valence-corrected chi connectivity index (χ4v) is 2.43. The molecular weight excluding hydrogens is 256 g/mol. The van der Waals surface area contributed by atoms with E-state index in [4.69, 9.17) is 11.6 Å². The van der Waals surface area contributed by atoms with Crippen LogP contribution in [-0.4, -0.2) is 5.11 Å². The zero-order chi connectivity index (χ0) is 13.9. The van der Waals surface area contributed by atoms with Gasteiger partial charge in [0.15, 0.2) is 0 Å². The number of hydrogen-bond donors (Lipinski definition) is 1. The first kappa shape index (κ1) is 14.1. The van der Waals surface area contributed by atoms with Crippen molar-refractivity contribution in [3.63, 3.8) is 0 Å². The molecule has 0 aliphatic rings. The molecule has 0 saturated carbocycles. The van der Waals surface area contributed by atoms with Crippen LogP contribution in [0.25, 0.3) is 0 Å². The average molecular weight is 275 g/mol. The molecule has 0 aliphatic carbocycles. The standard InChI is InChI=1S/C17H19ClO/c1-3-5-13-8-10-14(11-9-13)17(2,19)15-6-4-7-16(18)12-15/h4,6-12,19H,3,5H2,1-2H3. The summed E-state index contributed by atoms with van der Waals surface area (Å²) < 4.78 is 0. The highest BCUT2D eigenvalue weighted by molar-refractivity contribution is 6.30. The minimum atomic E-state index is -1.02. The number of aliphatic hydroxyl groups is 1. The number of aryl methyl sites for hydroxylation is 1. The lowest BCUT2D eigenvalue weighted by Crippen LogP contribution is -2.22. The van der Waals surface area contributed by atoms with E-state index in [1.165, 1.54) is 5.56 Å². The Morgan fingerprint density at radius 1 is 1.05 bits per heavy atom. The van der Waals surface area contributed by atoms with E-state index in [-0.39, 0.29) is 0 Å². The highest BCUT2D eigenvalue weighted by Crippen LogP contribution is 2.30. The van der Waals surface area contributed by atoms with Crippen molar-refractivity contribution in [2.24, 2.45) is 0 Å². The summed E-state index contributed by atoms with van der Waals surface area (Å²) in [6, 6.07) is 15.5. The quantitative estimate of drug-likeness (QED) is 0.867. The van der Waals surface area contributed by atoms with E-state index in [1.54, 1.807) is 6.92 Å². The summed E-state index contributed by atoms with van der Waals surface area (Å²) in [4.78, 5) is 0. The Hall–Kier alpha value is -1.31. The van der Waals surface area contributed by atoms with Crippen LogP contribution in [-0.2, 0) is 12.0 Å². The van der Waals surface area contributed by atoms with Crippen molar-refractivity contribution < 1.29 is 5.11 Å². The molecule has 0 aromatic heterocycles. The topological polar surface area (TPSA) is 20.2 Å². The van der Waals surface area contributed by atoms with E-state index < -0.39 is 5.60 Å². The van der Waals surface area contributed by atoms with E-state index in [0.29, 0.717) is 5.02 Å². The molecule has 19 heavy (non-hydrogen) atoms. The van der Waals surface area contributed by atoms with Gasteiger partial charge in [-0.3, -0.25) is 0 Å². The van der Waals surface area contributed by atoms with E-state index in [0.717, 1.165) is 24.0 Å². The average Bonchev–Trinajstić information content (AvgIpc) is 2.40. The molecule has 0 amide bonds. The maximum atomic E-state index is 10.7. The largest absolute Gasteiger partial charge is 0.381 e. The van der Waals surface area contributed by atoms with Gasteiger partial charge < -0.3 is 5.11 Å². The van der Waals surface area contributed by atoms with Crippen LogP contribution in [0.5, 0.6) is 0 Å². The van der Waals surface area contributed by atoms with Crippen LogP contribution >= 0.6 is 11.6 Å². The van der Waals surface area contributed by atoms with Gasteiger partial charge in [-0.15, -0.1) is 0 Å². The number of hydrogen-bond acceptors (Lipinski definition) is 1. The minimum Gasteiger partial charge on any atom is -0.381 e. The molecule has 1 N–H and O–H groups in total. The van der Waals surface area contributed by atoms with Crippen LogP contribution < -0.4 is 0 Å². The van der Waals surface area contributed by atoms with Crippen LogP contribution in [0.2, 0.25) is 5.02 Å². The summed E-state index contributed by atoms with van der Waals surface area (Å²) in [5.41, 5.74) is 1.97. The summed E-state index contributed by atoms with van der Waals surface area (Å²) in [5.74, 6) is 0. The third-order valence-corrected chi connectivity index (χ3v) is 3.68. The van der Waals surface area contributed by atoms with Crippen molar-refractivity contribution in [1.82, 2.24) is 0 Å². The van der Waals surface area contributed by atoms with Gasteiger partial charge in [-0.1, -0.05) is 61.3 Å². The SMILES string of the molecule is CCCc1ccc(C(C)(O)c2cccc(Cl)c2)cc1. The predicted octanol–water partition coefficient (Wildman–Crippen LogP) is 4.55.